The second-order valence-corrected chi connectivity index (χ2v) is 8.09. The number of hydrogen-bond donors (Lipinski definition) is 3. The Balaban J connectivity index is 2.23. The Bertz CT molecular complexity index is 932. The third-order valence-electron chi connectivity index (χ3n) is 5.62. The average molecular weight is 406 g/mol. The standard InChI is InChI=1S/C19H30N6O4/c1-11(2)7-9-24-14-15(26)21-18(29)22(4)16(14)25(12(3)17(27)28)19(24)23-8-5-6-13(20)10-23/h7,12-13,19H,5-6,8-10,20H2,1-4H3,(H,27,28)(H,21,26,29)/t12?,13-,19?/m0/s1. The monoisotopic (exact) mass is 406 g/mol. The minimum atomic E-state index is -1.03. The molecule has 160 valence electrons. The molecule has 3 heterocycles. The Labute approximate surface area is 169 Å². The maximum absolute atomic E-state index is 12.8. The Morgan fingerprint density at radius 1 is 1.38 bits per heavy atom. The molecule has 3 rings (SSSR count). The molecule has 0 bridgehead atoms. The van der Waals surface area contributed by atoms with Crippen molar-refractivity contribution < 1.29 is 9.90 Å². The molecule has 0 spiro atoms. The van der Waals surface area contributed by atoms with Crippen LogP contribution in [0.4, 0.5) is 11.5 Å². The summed E-state index contributed by atoms with van der Waals surface area (Å²) in [5, 5.41) is 9.78. The van der Waals surface area contributed by atoms with Crippen LogP contribution in [0.2, 0.25) is 0 Å². The Hall–Kier alpha value is -2.59. The molecule has 4 N–H and O–H groups in total. The van der Waals surface area contributed by atoms with Crippen molar-refractivity contribution in [2.75, 3.05) is 29.4 Å². The smallest absolute Gasteiger partial charge is 0.329 e. The first-order valence-corrected chi connectivity index (χ1v) is 9.87. The van der Waals surface area contributed by atoms with E-state index in [1.165, 1.54) is 4.57 Å². The second-order valence-electron chi connectivity index (χ2n) is 8.09. The summed E-state index contributed by atoms with van der Waals surface area (Å²) >= 11 is 0. The average Bonchev–Trinajstić information content (AvgIpc) is 2.99. The number of nitrogens with two attached hydrogens (primary N) is 1. The molecule has 0 amide bonds. The van der Waals surface area contributed by atoms with Crippen molar-refractivity contribution in [1.29, 1.82) is 0 Å². The van der Waals surface area contributed by atoms with Crippen molar-refractivity contribution in [2.45, 2.75) is 52.0 Å². The zero-order chi connectivity index (χ0) is 21.5. The molecule has 0 radical (unpaired) electrons. The van der Waals surface area contributed by atoms with E-state index < -0.39 is 29.5 Å². The number of hydrogen-bond acceptors (Lipinski definition) is 7. The first-order chi connectivity index (χ1) is 13.6. The SMILES string of the molecule is CC(C)=CCN1c2c(n(C)c(=O)[nH]c2=O)N(C(C)C(=O)O)C1N1CCC[C@H](N)C1. The van der Waals surface area contributed by atoms with Crippen molar-refractivity contribution in [3.05, 3.63) is 32.5 Å². The summed E-state index contributed by atoms with van der Waals surface area (Å²) in [4.78, 5) is 45.1. The van der Waals surface area contributed by atoms with Gasteiger partial charge in [-0.1, -0.05) is 11.6 Å². The summed E-state index contributed by atoms with van der Waals surface area (Å²) < 4.78 is 1.32. The molecule has 10 nitrogen and oxygen atoms in total. The van der Waals surface area contributed by atoms with Crippen molar-refractivity contribution >= 4 is 17.5 Å². The minimum Gasteiger partial charge on any atom is -0.480 e. The number of nitrogens with zero attached hydrogens (tertiary/aromatic N) is 4. The number of nitrogens with one attached hydrogen (secondary N) is 1. The number of aromatic amines is 1. The predicted molar refractivity (Wildman–Crippen MR) is 111 cm³/mol. The molecule has 0 saturated carbocycles. The van der Waals surface area contributed by atoms with Gasteiger partial charge in [-0.3, -0.25) is 19.2 Å². The fraction of sp³-hybridized carbons (Fsp3) is 0.632. The maximum atomic E-state index is 12.8. The number of rotatable bonds is 5. The fourth-order valence-electron chi connectivity index (χ4n) is 4.12. The highest BCUT2D eigenvalue weighted by Gasteiger charge is 2.47. The van der Waals surface area contributed by atoms with Crippen molar-refractivity contribution in [1.82, 2.24) is 14.5 Å². The number of allylic oxidation sites excluding steroid dienone is 1. The molecule has 1 saturated heterocycles. The zero-order valence-electron chi connectivity index (χ0n) is 17.4. The molecule has 0 aliphatic carbocycles. The Morgan fingerprint density at radius 2 is 2.07 bits per heavy atom. The number of carboxylic acid groups (broad SMARTS) is 1. The van der Waals surface area contributed by atoms with Gasteiger partial charge in [0.05, 0.1) is 0 Å². The predicted octanol–water partition coefficient (Wildman–Crippen LogP) is -0.154. The second kappa shape index (κ2) is 8.03. The lowest BCUT2D eigenvalue weighted by Gasteiger charge is -2.44. The molecular formula is C19H30N6O4. The van der Waals surface area contributed by atoms with E-state index in [0.717, 1.165) is 25.0 Å². The van der Waals surface area contributed by atoms with Gasteiger partial charge in [-0.15, -0.1) is 0 Å². The van der Waals surface area contributed by atoms with E-state index in [1.807, 2.05) is 24.8 Å². The summed E-state index contributed by atoms with van der Waals surface area (Å²) in [5.41, 5.74) is 6.49. The highest BCUT2D eigenvalue weighted by Crippen LogP contribution is 2.39. The van der Waals surface area contributed by atoms with E-state index in [4.69, 9.17) is 5.73 Å². The number of H-pyrrole nitrogens is 1. The molecule has 2 aliphatic heterocycles. The number of fused-ring (bicyclic) bond motifs is 1. The topological polar surface area (TPSA) is 128 Å². The quantitative estimate of drug-likeness (QED) is 0.576. The number of likely N-dealkylation sites (tertiary alicyclic amines) is 1. The van der Waals surface area contributed by atoms with Crippen LogP contribution in [0.25, 0.3) is 0 Å². The van der Waals surface area contributed by atoms with Gasteiger partial charge >= 0.3 is 11.7 Å². The van der Waals surface area contributed by atoms with Crippen LogP contribution in [0.1, 0.15) is 33.6 Å². The summed E-state index contributed by atoms with van der Waals surface area (Å²) in [6, 6.07) is -0.970. The molecule has 2 unspecified atom stereocenters. The van der Waals surface area contributed by atoms with Gasteiger partial charge < -0.3 is 20.6 Å². The van der Waals surface area contributed by atoms with Crippen LogP contribution in [-0.4, -0.2) is 63.5 Å². The summed E-state index contributed by atoms with van der Waals surface area (Å²) in [7, 11) is 1.54. The molecule has 1 fully saturated rings. The molecule has 1 aromatic rings. The van der Waals surface area contributed by atoms with Crippen LogP contribution in [0, 0.1) is 0 Å². The van der Waals surface area contributed by atoms with E-state index in [-0.39, 0.29) is 6.04 Å². The van der Waals surface area contributed by atoms with Crippen molar-refractivity contribution in [2.24, 2.45) is 12.8 Å². The molecule has 10 heteroatoms. The third-order valence-corrected chi connectivity index (χ3v) is 5.62. The van der Waals surface area contributed by atoms with Gasteiger partial charge in [-0.25, -0.2) is 9.59 Å². The van der Waals surface area contributed by atoms with Crippen LogP contribution in [-0.2, 0) is 11.8 Å². The lowest BCUT2D eigenvalue weighted by atomic mass is 10.1. The number of carboxylic acids is 1. The Morgan fingerprint density at radius 3 is 2.66 bits per heavy atom. The normalized spacial score (nSPS) is 23.1. The highest BCUT2D eigenvalue weighted by molar-refractivity contribution is 5.83. The van der Waals surface area contributed by atoms with Crippen LogP contribution in [0.15, 0.2) is 21.2 Å². The van der Waals surface area contributed by atoms with Crippen LogP contribution in [0.3, 0.4) is 0 Å². The molecule has 29 heavy (non-hydrogen) atoms. The lowest BCUT2D eigenvalue weighted by Crippen LogP contribution is -2.62. The van der Waals surface area contributed by atoms with E-state index in [0.29, 0.717) is 24.6 Å². The molecule has 2 aliphatic rings. The number of aliphatic carboxylic acids is 1. The van der Waals surface area contributed by atoms with Crippen LogP contribution >= 0.6 is 0 Å². The molecule has 1 aromatic heterocycles. The zero-order valence-corrected chi connectivity index (χ0v) is 17.4. The molecule has 0 aromatic carbocycles. The number of aromatic nitrogens is 2. The van der Waals surface area contributed by atoms with Gasteiger partial charge in [0.2, 0.25) is 0 Å². The molecular weight excluding hydrogens is 376 g/mol. The van der Waals surface area contributed by atoms with Gasteiger partial charge in [-0.05, 0) is 33.6 Å². The van der Waals surface area contributed by atoms with Gasteiger partial charge in [0.1, 0.15) is 17.5 Å². The van der Waals surface area contributed by atoms with Crippen molar-refractivity contribution in [3.63, 3.8) is 0 Å². The van der Waals surface area contributed by atoms with Gasteiger partial charge in [-0.2, -0.15) is 0 Å². The fourth-order valence-corrected chi connectivity index (χ4v) is 4.12. The lowest BCUT2D eigenvalue weighted by molar-refractivity contribution is -0.138. The van der Waals surface area contributed by atoms with Crippen LogP contribution in [0.5, 0.6) is 0 Å². The summed E-state index contributed by atoms with van der Waals surface area (Å²) in [6.45, 7) is 7.22. The Kier molecular flexibility index (Phi) is 5.85. The summed E-state index contributed by atoms with van der Waals surface area (Å²) in [6.07, 6.45) is 3.25. The number of piperidine rings is 1. The minimum absolute atomic E-state index is 0.0261. The van der Waals surface area contributed by atoms with E-state index in [1.54, 1.807) is 18.9 Å². The number of anilines is 2. The van der Waals surface area contributed by atoms with Gasteiger partial charge in [0.25, 0.3) is 5.56 Å². The first-order valence-electron chi connectivity index (χ1n) is 9.87. The van der Waals surface area contributed by atoms with E-state index in [2.05, 4.69) is 9.88 Å². The molecule has 3 atom stereocenters. The largest absolute Gasteiger partial charge is 0.480 e. The van der Waals surface area contributed by atoms with E-state index >= 15 is 0 Å². The first kappa shape index (κ1) is 21.1. The third kappa shape index (κ3) is 3.82. The maximum Gasteiger partial charge on any atom is 0.329 e. The van der Waals surface area contributed by atoms with Crippen LogP contribution < -0.4 is 26.8 Å². The highest BCUT2D eigenvalue weighted by atomic mass is 16.4. The van der Waals surface area contributed by atoms with Crippen molar-refractivity contribution in [3.8, 4) is 0 Å². The van der Waals surface area contributed by atoms with E-state index in [9.17, 15) is 19.5 Å². The van der Waals surface area contributed by atoms with Gasteiger partial charge in [0.15, 0.2) is 6.29 Å². The van der Waals surface area contributed by atoms with Gasteiger partial charge in [0, 0.05) is 32.7 Å². The summed E-state index contributed by atoms with van der Waals surface area (Å²) in [5.74, 6) is -0.709. The number of carbonyl (C=O) groups is 1.